The summed E-state index contributed by atoms with van der Waals surface area (Å²) in [5, 5.41) is 13.5. The number of pyridine rings is 1. The van der Waals surface area contributed by atoms with Crippen molar-refractivity contribution in [2.75, 3.05) is 6.54 Å². The number of carbonyl (C=O) groups is 2. The third-order valence-corrected chi connectivity index (χ3v) is 10.4. The first-order valence-corrected chi connectivity index (χ1v) is 14.7. The zero-order valence-electron chi connectivity index (χ0n) is 22.0. The van der Waals surface area contributed by atoms with Crippen molar-refractivity contribution in [2.24, 2.45) is 23.2 Å². The molecule has 3 N–H and O–H groups in total. The number of imidazole rings is 1. The lowest BCUT2D eigenvalue weighted by Gasteiger charge is -2.65. The molecule has 7 aliphatic rings. The number of hydrogen-bond donors (Lipinski definition) is 3. The molecular formula is C29H35F2N5O3. The molecule has 9 rings (SSSR count). The number of aliphatic hydroxyl groups excluding tert-OH is 1. The van der Waals surface area contributed by atoms with Gasteiger partial charge in [-0.2, -0.15) is 0 Å². The molecule has 3 heterocycles. The number of alkyl halides is 2. The van der Waals surface area contributed by atoms with Crippen molar-refractivity contribution in [3.63, 3.8) is 0 Å². The molecule has 7 fully saturated rings. The Kier molecular flexibility index (Phi) is 4.95. The average Bonchev–Trinajstić information content (AvgIpc) is 3.76. The highest BCUT2D eigenvalue weighted by atomic mass is 19.1. The molecule has 6 aliphatic carbocycles. The van der Waals surface area contributed by atoms with Gasteiger partial charge in [0.15, 0.2) is 11.3 Å². The maximum atomic E-state index is 14.7. The highest BCUT2D eigenvalue weighted by Crippen LogP contribution is 2.70. The van der Waals surface area contributed by atoms with E-state index in [4.69, 9.17) is 9.97 Å². The lowest BCUT2D eigenvalue weighted by Crippen LogP contribution is -2.70. The van der Waals surface area contributed by atoms with Gasteiger partial charge in [-0.1, -0.05) is 0 Å². The number of likely N-dealkylation sites (tertiary alicyclic amines) is 1. The fraction of sp³-hybridized carbons (Fsp3) is 0.724. The van der Waals surface area contributed by atoms with Crippen LogP contribution in [0.2, 0.25) is 0 Å². The van der Waals surface area contributed by atoms with Crippen LogP contribution < -0.4 is 5.32 Å². The van der Waals surface area contributed by atoms with Crippen molar-refractivity contribution in [3.8, 4) is 0 Å². The summed E-state index contributed by atoms with van der Waals surface area (Å²) in [5.41, 5.74) is -1.65. The second-order valence-electron chi connectivity index (χ2n) is 13.6. The second kappa shape index (κ2) is 7.98. The van der Waals surface area contributed by atoms with E-state index in [2.05, 4.69) is 10.3 Å². The monoisotopic (exact) mass is 539 g/mol. The van der Waals surface area contributed by atoms with Crippen molar-refractivity contribution in [3.05, 3.63) is 23.7 Å². The Balaban J connectivity index is 1.10. The molecule has 0 aromatic carbocycles. The van der Waals surface area contributed by atoms with Crippen molar-refractivity contribution in [2.45, 2.75) is 100 Å². The third kappa shape index (κ3) is 3.91. The van der Waals surface area contributed by atoms with Crippen LogP contribution in [0.1, 0.15) is 94.2 Å². The normalized spacial score (nSPS) is 35.3. The van der Waals surface area contributed by atoms with Gasteiger partial charge in [0.25, 0.3) is 5.91 Å². The minimum absolute atomic E-state index is 0.0248. The first-order chi connectivity index (χ1) is 18.7. The summed E-state index contributed by atoms with van der Waals surface area (Å²) in [6.45, 7) is 0.417. The largest absolute Gasteiger partial charge is 0.393 e. The number of hydrogen-bond acceptors (Lipinski definition) is 5. The fourth-order valence-electron chi connectivity index (χ4n) is 7.77. The summed E-state index contributed by atoms with van der Waals surface area (Å²) in [4.78, 5) is 41.1. The van der Waals surface area contributed by atoms with Gasteiger partial charge >= 0.3 is 0 Å². The first-order valence-electron chi connectivity index (χ1n) is 14.7. The Morgan fingerprint density at radius 3 is 2.36 bits per heavy atom. The highest BCUT2D eigenvalue weighted by molar-refractivity contribution is 5.88. The lowest BCUT2D eigenvalue weighted by molar-refractivity contribution is -0.225. The van der Waals surface area contributed by atoms with Crippen molar-refractivity contribution in [1.29, 1.82) is 0 Å². The van der Waals surface area contributed by atoms with E-state index in [-0.39, 0.29) is 24.7 Å². The van der Waals surface area contributed by atoms with Gasteiger partial charge in [-0.15, -0.1) is 0 Å². The second-order valence-corrected chi connectivity index (χ2v) is 13.6. The number of H-pyrrole nitrogens is 1. The number of aromatic amines is 1. The van der Waals surface area contributed by atoms with Gasteiger partial charge in [0.05, 0.1) is 34.8 Å². The van der Waals surface area contributed by atoms with Crippen LogP contribution in [-0.4, -0.2) is 60.8 Å². The zero-order chi connectivity index (χ0) is 26.7. The van der Waals surface area contributed by atoms with E-state index in [1.54, 1.807) is 4.90 Å². The maximum absolute atomic E-state index is 14.7. The summed E-state index contributed by atoms with van der Waals surface area (Å²) < 4.78 is 28.9. The first kappa shape index (κ1) is 24.2. The fourth-order valence-corrected chi connectivity index (χ4v) is 7.77. The number of carbonyl (C=O) groups excluding carboxylic acids is 2. The van der Waals surface area contributed by atoms with Crippen LogP contribution >= 0.6 is 0 Å². The summed E-state index contributed by atoms with van der Waals surface area (Å²) in [6, 6.07) is 2.95. The Bertz CT molecular complexity index is 1330. The SMILES string of the molecule is O=C(NC(c1nc2nc(C3CC(O)CCN3C(=O)C34CC(F)(C3)C4)ccc2[nH]1)C(C1CC1)C1CC1)C1(F)CC1. The van der Waals surface area contributed by atoms with E-state index in [0.717, 1.165) is 25.7 Å². The average molecular weight is 540 g/mol. The van der Waals surface area contributed by atoms with Crippen LogP contribution in [0.5, 0.6) is 0 Å². The number of aliphatic hydroxyl groups is 1. The number of piperidine rings is 1. The van der Waals surface area contributed by atoms with E-state index < -0.39 is 40.8 Å². The van der Waals surface area contributed by atoms with Gasteiger partial charge in [-0.25, -0.2) is 18.7 Å². The molecule has 10 heteroatoms. The molecule has 39 heavy (non-hydrogen) atoms. The Morgan fingerprint density at radius 1 is 1.05 bits per heavy atom. The Morgan fingerprint density at radius 2 is 1.74 bits per heavy atom. The van der Waals surface area contributed by atoms with E-state index >= 15 is 0 Å². The number of rotatable bonds is 8. The molecule has 3 unspecified atom stereocenters. The van der Waals surface area contributed by atoms with Crippen molar-refractivity contribution >= 4 is 23.0 Å². The molecule has 1 saturated heterocycles. The topological polar surface area (TPSA) is 111 Å². The van der Waals surface area contributed by atoms with Crippen LogP contribution in [0.15, 0.2) is 12.1 Å². The number of nitrogens with one attached hydrogen (secondary N) is 2. The van der Waals surface area contributed by atoms with Gasteiger partial charge in [0, 0.05) is 6.54 Å². The molecule has 3 atom stereocenters. The van der Waals surface area contributed by atoms with Gasteiger partial charge in [0.2, 0.25) is 5.91 Å². The lowest BCUT2D eigenvalue weighted by atomic mass is 9.41. The molecule has 0 radical (unpaired) electrons. The van der Waals surface area contributed by atoms with E-state index in [1.807, 2.05) is 12.1 Å². The van der Waals surface area contributed by atoms with Crippen LogP contribution in [0.4, 0.5) is 8.78 Å². The van der Waals surface area contributed by atoms with Gasteiger partial charge in [-0.3, -0.25) is 9.59 Å². The highest BCUT2D eigenvalue weighted by Gasteiger charge is 2.73. The minimum atomic E-state index is -1.76. The van der Waals surface area contributed by atoms with E-state index in [0.29, 0.717) is 73.2 Å². The molecule has 208 valence electrons. The van der Waals surface area contributed by atoms with Crippen LogP contribution in [0, 0.1) is 23.2 Å². The van der Waals surface area contributed by atoms with Crippen molar-refractivity contribution < 1.29 is 23.5 Å². The molecule has 2 bridgehead atoms. The predicted octanol–water partition coefficient (Wildman–Crippen LogP) is 3.97. The molecule has 0 spiro atoms. The molecule has 2 aromatic heterocycles. The Hall–Kier alpha value is -2.62. The summed E-state index contributed by atoms with van der Waals surface area (Å²) in [7, 11) is 0. The molecule has 1 aliphatic heterocycles. The molecule has 8 nitrogen and oxygen atoms in total. The summed E-state index contributed by atoms with van der Waals surface area (Å²) >= 11 is 0. The summed E-state index contributed by atoms with van der Waals surface area (Å²) in [5.74, 6) is 1.29. The molecule has 6 saturated carbocycles. The van der Waals surface area contributed by atoms with Gasteiger partial charge < -0.3 is 20.3 Å². The Labute approximate surface area is 225 Å². The van der Waals surface area contributed by atoms with Gasteiger partial charge in [-0.05, 0) is 101 Å². The van der Waals surface area contributed by atoms with Crippen LogP contribution in [0.3, 0.4) is 0 Å². The molecule has 2 amide bonds. The quantitative estimate of drug-likeness (QED) is 0.470. The zero-order valence-corrected chi connectivity index (χ0v) is 22.0. The molecular weight excluding hydrogens is 504 g/mol. The van der Waals surface area contributed by atoms with E-state index in [1.165, 1.54) is 0 Å². The summed E-state index contributed by atoms with van der Waals surface area (Å²) in [6.07, 6.45) is 6.25. The maximum Gasteiger partial charge on any atom is 0.258 e. The van der Waals surface area contributed by atoms with Crippen molar-refractivity contribution in [1.82, 2.24) is 25.2 Å². The van der Waals surface area contributed by atoms with Crippen LogP contribution in [-0.2, 0) is 9.59 Å². The number of amides is 2. The minimum Gasteiger partial charge on any atom is -0.393 e. The standard InChI is InChI=1S/C29H35F2N5O3/c30-28-12-27(13-28,14-28)26(39)36-10-7-17(37)11-20(36)18-5-6-19-23(32-18)35-24(33-19)22(34-25(38)29(31)8-9-29)21(15-1-2-15)16-3-4-16/h5-6,15-17,20-22,37H,1-4,7-14H2,(H,34,38)(H,32,33,35). The van der Waals surface area contributed by atoms with E-state index in [9.17, 15) is 23.5 Å². The predicted molar refractivity (Wildman–Crippen MR) is 137 cm³/mol. The number of nitrogens with zero attached hydrogens (tertiary/aromatic N) is 3. The number of aromatic nitrogens is 3. The smallest absolute Gasteiger partial charge is 0.258 e. The van der Waals surface area contributed by atoms with Gasteiger partial charge in [0.1, 0.15) is 11.5 Å². The molecule has 2 aromatic rings. The number of fused-ring (bicyclic) bond motifs is 1. The number of halogens is 2. The van der Waals surface area contributed by atoms with Crippen LogP contribution in [0.25, 0.3) is 11.2 Å². The third-order valence-electron chi connectivity index (χ3n) is 10.4.